The zero-order valence-corrected chi connectivity index (χ0v) is 19.4. The molecule has 0 radical (unpaired) electrons. The van der Waals surface area contributed by atoms with Gasteiger partial charge >= 0.3 is 5.97 Å². The first-order valence-corrected chi connectivity index (χ1v) is 12.5. The van der Waals surface area contributed by atoms with Crippen LogP contribution in [0.25, 0.3) is 0 Å². The van der Waals surface area contributed by atoms with E-state index in [4.69, 9.17) is 5.11 Å². The van der Waals surface area contributed by atoms with Crippen LogP contribution in [0.1, 0.15) is 91.9 Å². The zero-order chi connectivity index (χ0) is 21.8. The summed E-state index contributed by atoms with van der Waals surface area (Å²) in [5.74, 6) is 1.68. The molecular weight excluding hydrogens is 376 g/mol. The maximum Gasteiger partial charge on any atom is 0.303 e. The number of rotatable bonds is 5. The summed E-state index contributed by atoms with van der Waals surface area (Å²) in [6.07, 6.45) is 9.70. The molecule has 0 saturated heterocycles. The first-order chi connectivity index (χ1) is 14.1. The molecule has 0 aromatic carbocycles. The number of aliphatic carboxylic acids is 1. The minimum absolute atomic E-state index is 0.0966. The van der Waals surface area contributed by atoms with E-state index in [1.807, 2.05) is 6.92 Å². The highest BCUT2D eigenvalue weighted by molar-refractivity contribution is 5.86. The fourth-order valence-corrected chi connectivity index (χ4v) is 9.23. The van der Waals surface area contributed by atoms with E-state index < -0.39 is 12.1 Å². The summed E-state index contributed by atoms with van der Waals surface area (Å²) in [5, 5.41) is 19.8. The van der Waals surface area contributed by atoms with Crippen LogP contribution in [0.3, 0.4) is 0 Å². The van der Waals surface area contributed by atoms with E-state index in [-0.39, 0.29) is 29.1 Å². The molecular formula is C26H42O4. The van der Waals surface area contributed by atoms with Gasteiger partial charge in [-0.2, -0.15) is 0 Å². The first-order valence-electron chi connectivity index (χ1n) is 12.5. The van der Waals surface area contributed by atoms with Crippen molar-refractivity contribution in [2.45, 2.75) is 98.0 Å². The predicted octanol–water partition coefficient (Wildman–Crippen LogP) is 5.32. The topological polar surface area (TPSA) is 74.6 Å². The zero-order valence-electron chi connectivity index (χ0n) is 19.4. The van der Waals surface area contributed by atoms with Crippen LogP contribution in [0.15, 0.2) is 0 Å². The fraction of sp³-hybridized carbons (Fsp3) is 0.923. The summed E-state index contributed by atoms with van der Waals surface area (Å²) >= 11 is 0. The predicted molar refractivity (Wildman–Crippen MR) is 117 cm³/mol. The summed E-state index contributed by atoms with van der Waals surface area (Å²) in [4.78, 5) is 25.0. The van der Waals surface area contributed by atoms with E-state index in [1.54, 1.807) is 0 Å². The number of ketones is 1. The molecule has 2 N–H and O–H groups in total. The lowest BCUT2D eigenvalue weighted by Crippen LogP contribution is -2.61. The molecule has 4 nitrogen and oxygen atoms in total. The standard InChI is InChI=1S/C26H42O4/c1-15(8-11-21(28)29)17-9-10-19-23-20(12-14-26(17,19)4)25(3)13-6-5-7-18(25)22(16(2)27)24(23)30/h15-20,22-23,27H,5-14H2,1-4H3,(H,28,29)/t15?,16?,17-,18?,19+,20+,22?,23+,25+,26-/m1/s1. The molecule has 0 amide bonds. The van der Waals surface area contributed by atoms with Crippen molar-refractivity contribution < 1.29 is 19.8 Å². The monoisotopic (exact) mass is 418 g/mol. The summed E-state index contributed by atoms with van der Waals surface area (Å²) < 4.78 is 0. The van der Waals surface area contributed by atoms with Crippen LogP contribution in [0.4, 0.5) is 0 Å². The molecule has 30 heavy (non-hydrogen) atoms. The van der Waals surface area contributed by atoms with Gasteiger partial charge in [0.1, 0.15) is 5.78 Å². The first kappa shape index (κ1) is 22.3. The van der Waals surface area contributed by atoms with Gasteiger partial charge in [0.15, 0.2) is 0 Å². The Kier molecular flexibility index (Phi) is 5.87. The van der Waals surface area contributed by atoms with E-state index >= 15 is 0 Å². The molecule has 4 fully saturated rings. The number of carbonyl (C=O) groups excluding carboxylic acids is 1. The average Bonchev–Trinajstić information content (AvgIpc) is 3.03. The lowest BCUT2D eigenvalue weighted by Gasteiger charge is -2.62. The molecule has 4 unspecified atom stereocenters. The molecule has 0 aromatic heterocycles. The van der Waals surface area contributed by atoms with Crippen molar-refractivity contribution in [3.63, 3.8) is 0 Å². The van der Waals surface area contributed by atoms with Gasteiger partial charge in [0.05, 0.1) is 6.10 Å². The van der Waals surface area contributed by atoms with Crippen molar-refractivity contribution in [1.82, 2.24) is 0 Å². The Morgan fingerprint density at radius 3 is 2.37 bits per heavy atom. The van der Waals surface area contributed by atoms with E-state index in [9.17, 15) is 14.7 Å². The van der Waals surface area contributed by atoms with Crippen molar-refractivity contribution in [1.29, 1.82) is 0 Å². The number of carboxylic acid groups (broad SMARTS) is 1. The second-order valence-corrected chi connectivity index (χ2v) is 11.9. The third kappa shape index (κ3) is 3.27. The highest BCUT2D eigenvalue weighted by atomic mass is 16.4. The van der Waals surface area contributed by atoms with E-state index in [0.29, 0.717) is 35.4 Å². The lowest BCUT2D eigenvalue weighted by atomic mass is 9.42. The van der Waals surface area contributed by atoms with Crippen LogP contribution in [-0.2, 0) is 9.59 Å². The quantitative estimate of drug-likeness (QED) is 0.633. The second kappa shape index (κ2) is 7.90. The molecule has 0 heterocycles. The molecule has 10 atom stereocenters. The number of hydrogen-bond donors (Lipinski definition) is 2. The molecule has 0 bridgehead atoms. The van der Waals surface area contributed by atoms with E-state index in [2.05, 4.69) is 20.8 Å². The van der Waals surface area contributed by atoms with Crippen LogP contribution in [0.2, 0.25) is 0 Å². The van der Waals surface area contributed by atoms with Gasteiger partial charge < -0.3 is 10.2 Å². The Hall–Kier alpha value is -0.900. The molecule has 4 aliphatic rings. The van der Waals surface area contributed by atoms with Gasteiger partial charge in [-0.25, -0.2) is 0 Å². The Balaban J connectivity index is 1.64. The highest BCUT2D eigenvalue weighted by Crippen LogP contribution is 2.68. The molecule has 4 saturated carbocycles. The highest BCUT2D eigenvalue weighted by Gasteiger charge is 2.65. The molecule has 0 aliphatic heterocycles. The van der Waals surface area contributed by atoms with Crippen LogP contribution in [-0.4, -0.2) is 28.1 Å². The number of aliphatic hydroxyl groups is 1. The maximum atomic E-state index is 13.9. The average molecular weight is 419 g/mol. The number of hydrogen-bond acceptors (Lipinski definition) is 3. The number of fused-ring (bicyclic) bond motifs is 5. The summed E-state index contributed by atoms with van der Waals surface area (Å²) in [5.41, 5.74) is 0.322. The lowest BCUT2D eigenvalue weighted by molar-refractivity contribution is -0.175. The Labute approximate surface area is 182 Å². The normalized spacial score (nSPS) is 47.7. The van der Waals surface area contributed by atoms with E-state index in [0.717, 1.165) is 32.1 Å². The molecule has 0 aromatic rings. The molecule has 170 valence electrons. The van der Waals surface area contributed by atoms with Crippen molar-refractivity contribution in [3.05, 3.63) is 0 Å². The van der Waals surface area contributed by atoms with Gasteiger partial charge in [-0.1, -0.05) is 33.6 Å². The van der Waals surface area contributed by atoms with Gasteiger partial charge in [-0.3, -0.25) is 9.59 Å². The number of Topliss-reactive ketones (excluding diaryl/α,β-unsaturated/α-hetero) is 1. The Morgan fingerprint density at radius 2 is 1.70 bits per heavy atom. The molecule has 4 rings (SSSR count). The van der Waals surface area contributed by atoms with Crippen LogP contribution in [0.5, 0.6) is 0 Å². The fourth-order valence-electron chi connectivity index (χ4n) is 9.23. The third-order valence-electron chi connectivity index (χ3n) is 10.6. The SMILES string of the molecule is CC(O)C1C(=O)[C@H]2[C@@H]3CC[C@H](C(C)CCC(=O)O)[C@@]3(C)CC[C@@H]2[C@@]2(C)CCCCC12. The second-order valence-electron chi connectivity index (χ2n) is 11.9. The summed E-state index contributed by atoms with van der Waals surface area (Å²) in [7, 11) is 0. The number of aliphatic hydroxyl groups excluding tert-OH is 1. The minimum Gasteiger partial charge on any atom is -0.481 e. The van der Waals surface area contributed by atoms with Crippen LogP contribution >= 0.6 is 0 Å². The maximum absolute atomic E-state index is 13.9. The van der Waals surface area contributed by atoms with Gasteiger partial charge in [-0.05, 0) is 92.3 Å². The Bertz CT molecular complexity index is 687. The number of carboxylic acids is 1. The largest absolute Gasteiger partial charge is 0.481 e. The minimum atomic E-state index is -0.705. The Morgan fingerprint density at radius 1 is 1.00 bits per heavy atom. The van der Waals surface area contributed by atoms with Crippen molar-refractivity contribution in [2.24, 2.45) is 52.3 Å². The number of carbonyl (C=O) groups is 2. The summed E-state index contributed by atoms with van der Waals surface area (Å²) in [6.45, 7) is 8.92. The van der Waals surface area contributed by atoms with Gasteiger partial charge in [0.2, 0.25) is 0 Å². The van der Waals surface area contributed by atoms with Gasteiger partial charge in [0.25, 0.3) is 0 Å². The van der Waals surface area contributed by atoms with Gasteiger partial charge in [0, 0.05) is 18.3 Å². The molecule has 4 aliphatic carbocycles. The van der Waals surface area contributed by atoms with Crippen LogP contribution < -0.4 is 0 Å². The summed E-state index contributed by atoms with van der Waals surface area (Å²) in [6, 6.07) is 0. The molecule has 4 heteroatoms. The van der Waals surface area contributed by atoms with Crippen LogP contribution in [0, 0.1) is 52.3 Å². The molecule has 0 spiro atoms. The van der Waals surface area contributed by atoms with Gasteiger partial charge in [-0.15, -0.1) is 0 Å². The third-order valence-corrected chi connectivity index (χ3v) is 10.6. The van der Waals surface area contributed by atoms with Crippen molar-refractivity contribution in [3.8, 4) is 0 Å². The smallest absolute Gasteiger partial charge is 0.303 e. The van der Waals surface area contributed by atoms with Crippen molar-refractivity contribution >= 4 is 11.8 Å². The van der Waals surface area contributed by atoms with E-state index in [1.165, 1.54) is 25.7 Å². The van der Waals surface area contributed by atoms with Crippen molar-refractivity contribution in [2.75, 3.05) is 0 Å².